The third-order valence-electron chi connectivity index (χ3n) is 4.97. The summed E-state index contributed by atoms with van der Waals surface area (Å²) in [4.78, 5) is 35.8. The minimum Gasteiger partial charge on any atom is -0.478 e. The summed E-state index contributed by atoms with van der Waals surface area (Å²) in [5, 5.41) is 13.0. The van der Waals surface area contributed by atoms with Crippen LogP contribution in [-0.4, -0.2) is 42.0 Å². The molecule has 0 radical (unpaired) electrons. The molecule has 186 valence electrons. The minimum absolute atomic E-state index is 0. The van der Waals surface area contributed by atoms with E-state index in [1.165, 1.54) is 49.6 Å². The van der Waals surface area contributed by atoms with Crippen molar-refractivity contribution in [1.82, 2.24) is 0 Å². The van der Waals surface area contributed by atoms with E-state index in [0.717, 1.165) is 12.1 Å². The first-order valence-electron chi connectivity index (χ1n) is 9.93. The Morgan fingerprint density at radius 2 is 1.75 bits per heavy atom. The fourth-order valence-corrected chi connectivity index (χ4v) is 3.34. The maximum atomic E-state index is 13.7. The lowest BCUT2D eigenvalue weighted by atomic mass is 10.1. The van der Waals surface area contributed by atoms with E-state index in [1.807, 2.05) is 0 Å². The van der Waals surface area contributed by atoms with Crippen LogP contribution in [0.3, 0.4) is 0 Å². The molecule has 2 heterocycles. The summed E-state index contributed by atoms with van der Waals surface area (Å²) in [6.45, 7) is 0. The molecule has 11 heteroatoms. The smallest absolute Gasteiger partial charge is 0.435 e. The lowest BCUT2D eigenvalue weighted by Gasteiger charge is -2.11. The molecule has 1 aliphatic rings. The number of esters is 1. The van der Waals surface area contributed by atoms with E-state index in [-0.39, 0.29) is 35.8 Å². The van der Waals surface area contributed by atoms with Crippen LogP contribution in [-0.2, 0) is 9.53 Å². The number of alkyl halides is 3. The maximum Gasteiger partial charge on any atom is 0.435 e. The number of halogens is 3. The number of carbonyl (C=O) groups is 3. The van der Waals surface area contributed by atoms with Crippen LogP contribution in [0, 0.1) is 0 Å². The molecule has 1 N–H and O–H groups in total. The highest BCUT2D eigenvalue weighted by Gasteiger charge is 2.47. The number of hydrogen-bond donors (Lipinski definition) is 1. The number of rotatable bonds is 5. The minimum atomic E-state index is -4.97. The highest BCUT2D eigenvalue weighted by Crippen LogP contribution is 2.34. The van der Waals surface area contributed by atoms with Crippen LogP contribution < -0.4 is 5.01 Å². The largest absolute Gasteiger partial charge is 0.478 e. The zero-order valence-corrected chi connectivity index (χ0v) is 17.9. The number of hydrogen-bond acceptors (Lipinski definition) is 6. The highest BCUT2D eigenvalue weighted by atomic mass is 19.4. The Morgan fingerprint density at radius 1 is 1.06 bits per heavy atom. The van der Waals surface area contributed by atoms with Gasteiger partial charge in [-0.1, -0.05) is 25.6 Å². The number of amides is 1. The van der Waals surface area contributed by atoms with E-state index in [1.54, 1.807) is 12.1 Å². The fourth-order valence-electron chi connectivity index (χ4n) is 3.34. The van der Waals surface area contributed by atoms with Crippen molar-refractivity contribution in [3.8, 4) is 11.3 Å². The Kier molecular flexibility index (Phi) is 7.14. The lowest BCUT2D eigenvalue weighted by molar-refractivity contribution is -0.114. The van der Waals surface area contributed by atoms with E-state index in [4.69, 9.17) is 9.52 Å². The second kappa shape index (κ2) is 9.90. The third kappa shape index (κ3) is 5.04. The average Bonchev–Trinajstić information content (AvgIpc) is 3.44. The summed E-state index contributed by atoms with van der Waals surface area (Å²) in [5.41, 5.74) is -1.87. The Morgan fingerprint density at radius 3 is 2.42 bits per heavy atom. The Bertz CT molecular complexity index is 1400. The standard InChI is InChI=1S/C24H15F3N2O6.CH4/c1-34-23(33)15-6-2-4-13(10-15)19-9-8-17(35-19)12-18-20(24(25,26)27)28-29(21(18)30)16-7-3-5-14(11-16)22(31)32;/h2-12H,1H3,(H,31,32);1H4/b18-12-;. The molecule has 0 aliphatic carbocycles. The molecule has 3 aromatic rings. The van der Waals surface area contributed by atoms with Crippen LogP contribution in [0.2, 0.25) is 0 Å². The van der Waals surface area contributed by atoms with Gasteiger partial charge in [-0.3, -0.25) is 4.79 Å². The van der Waals surface area contributed by atoms with Gasteiger partial charge in [-0.2, -0.15) is 23.3 Å². The van der Waals surface area contributed by atoms with E-state index >= 15 is 0 Å². The first-order valence-corrected chi connectivity index (χ1v) is 9.93. The summed E-state index contributed by atoms with van der Waals surface area (Å²) in [6, 6.07) is 13.9. The van der Waals surface area contributed by atoms with Gasteiger partial charge >= 0.3 is 18.1 Å². The van der Waals surface area contributed by atoms with Crippen molar-refractivity contribution in [2.24, 2.45) is 5.10 Å². The predicted molar refractivity (Wildman–Crippen MR) is 125 cm³/mol. The fraction of sp³-hybridized carbons (Fsp3) is 0.120. The monoisotopic (exact) mass is 500 g/mol. The summed E-state index contributed by atoms with van der Waals surface area (Å²) < 4.78 is 51.3. The molecule has 0 atom stereocenters. The molecule has 1 aromatic heterocycles. The molecule has 1 amide bonds. The number of ether oxygens (including phenoxy) is 1. The number of carboxylic acids is 1. The Labute approximate surface area is 202 Å². The first kappa shape index (κ1) is 25.9. The van der Waals surface area contributed by atoms with Crippen molar-refractivity contribution < 1.29 is 41.8 Å². The number of nitrogens with zero attached hydrogens (tertiary/aromatic N) is 2. The first-order chi connectivity index (χ1) is 16.6. The van der Waals surface area contributed by atoms with Crippen LogP contribution >= 0.6 is 0 Å². The topological polar surface area (TPSA) is 109 Å². The SMILES string of the molecule is C.COC(=O)c1cccc(-c2ccc(/C=C3\C(=O)N(c4cccc(C(=O)O)c4)N=C3C(F)(F)F)o2)c1. The van der Waals surface area contributed by atoms with Gasteiger partial charge in [0.1, 0.15) is 11.5 Å². The van der Waals surface area contributed by atoms with Gasteiger partial charge in [0.05, 0.1) is 29.5 Å². The van der Waals surface area contributed by atoms with Crippen LogP contribution in [0.5, 0.6) is 0 Å². The third-order valence-corrected chi connectivity index (χ3v) is 4.97. The molecule has 0 saturated carbocycles. The summed E-state index contributed by atoms with van der Waals surface area (Å²) in [7, 11) is 1.23. The van der Waals surface area contributed by atoms with Crippen LogP contribution in [0.1, 0.15) is 33.9 Å². The van der Waals surface area contributed by atoms with E-state index in [0.29, 0.717) is 10.6 Å². The predicted octanol–water partition coefficient (Wildman–Crippen LogP) is 5.42. The quantitative estimate of drug-likeness (QED) is 0.370. The molecule has 1 aliphatic heterocycles. The van der Waals surface area contributed by atoms with Crippen LogP contribution in [0.25, 0.3) is 17.4 Å². The van der Waals surface area contributed by atoms with Gasteiger partial charge in [0, 0.05) is 5.56 Å². The molecule has 8 nitrogen and oxygen atoms in total. The van der Waals surface area contributed by atoms with E-state index in [9.17, 15) is 27.6 Å². The number of carboxylic acid groups (broad SMARTS) is 1. The van der Waals surface area contributed by atoms with Crippen LogP contribution in [0.4, 0.5) is 18.9 Å². The van der Waals surface area contributed by atoms with Gasteiger partial charge in [-0.05, 0) is 48.5 Å². The second-order valence-corrected chi connectivity index (χ2v) is 7.25. The summed E-state index contributed by atoms with van der Waals surface area (Å²) in [6.07, 6.45) is -4.06. The number of anilines is 1. The summed E-state index contributed by atoms with van der Waals surface area (Å²) in [5.74, 6) is -2.82. The normalized spacial score (nSPS) is 14.4. The number of furan rings is 1. The van der Waals surface area contributed by atoms with Gasteiger partial charge in [0.15, 0.2) is 5.71 Å². The Balaban J connectivity index is 0.00000361. The molecule has 0 unspecified atom stereocenters. The lowest BCUT2D eigenvalue weighted by Crippen LogP contribution is -2.25. The number of hydrazone groups is 1. The molecule has 36 heavy (non-hydrogen) atoms. The number of carbonyl (C=O) groups excluding carboxylic acids is 2. The molecular formula is C25H19F3N2O6. The molecule has 0 bridgehead atoms. The summed E-state index contributed by atoms with van der Waals surface area (Å²) >= 11 is 0. The molecule has 4 rings (SSSR count). The molecule has 0 saturated heterocycles. The maximum absolute atomic E-state index is 13.7. The van der Waals surface area contributed by atoms with Crippen molar-refractivity contribution in [1.29, 1.82) is 0 Å². The second-order valence-electron chi connectivity index (χ2n) is 7.25. The van der Waals surface area contributed by atoms with Gasteiger partial charge < -0.3 is 14.3 Å². The molecule has 0 fully saturated rings. The van der Waals surface area contributed by atoms with Gasteiger partial charge in [0.25, 0.3) is 5.91 Å². The van der Waals surface area contributed by atoms with Crippen molar-refractivity contribution in [3.63, 3.8) is 0 Å². The van der Waals surface area contributed by atoms with Gasteiger partial charge in [-0.25, -0.2) is 9.59 Å². The zero-order valence-electron chi connectivity index (χ0n) is 17.9. The van der Waals surface area contributed by atoms with Gasteiger partial charge in [-0.15, -0.1) is 0 Å². The molecule has 0 spiro atoms. The van der Waals surface area contributed by atoms with Crippen molar-refractivity contribution in [2.75, 3.05) is 12.1 Å². The van der Waals surface area contributed by atoms with Crippen molar-refractivity contribution >= 4 is 35.3 Å². The number of methoxy groups -OCH3 is 1. The van der Waals surface area contributed by atoms with E-state index < -0.39 is 35.3 Å². The molecular weight excluding hydrogens is 481 g/mol. The number of aromatic carboxylic acids is 1. The molecule has 2 aromatic carbocycles. The Hall–Kier alpha value is -4.67. The van der Waals surface area contributed by atoms with Gasteiger partial charge in [0.2, 0.25) is 0 Å². The number of benzene rings is 2. The zero-order chi connectivity index (χ0) is 25.3. The average molecular weight is 500 g/mol. The van der Waals surface area contributed by atoms with Crippen molar-refractivity contribution in [2.45, 2.75) is 13.6 Å². The highest BCUT2D eigenvalue weighted by molar-refractivity contribution is 6.34. The van der Waals surface area contributed by atoms with E-state index in [2.05, 4.69) is 9.84 Å². The van der Waals surface area contributed by atoms with Crippen molar-refractivity contribution in [3.05, 3.63) is 83.1 Å². The van der Waals surface area contributed by atoms with Crippen LogP contribution in [0.15, 0.2) is 75.8 Å².